The zero-order valence-corrected chi connectivity index (χ0v) is 11.6. The van der Waals surface area contributed by atoms with Gasteiger partial charge in [0.05, 0.1) is 4.90 Å². The Hall–Kier alpha value is -1.56. The standard InChI is InChI=1S/C13H17NO4S/c1-19(17,18)12-6-4-11(5-7-12)14(9-13(15)16)8-10-2-3-10/h4-7,10H,2-3,8-9H2,1H3,(H,15,16). The molecule has 0 aromatic heterocycles. The smallest absolute Gasteiger partial charge is 0.323 e. The lowest BCUT2D eigenvalue weighted by molar-refractivity contribution is -0.135. The maximum atomic E-state index is 11.4. The van der Waals surface area contributed by atoms with E-state index >= 15 is 0 Å². The van der Waals surface area contributed by atoms with Gasteiger partial charge in [-0.2, -0.15) is 0 Å². The van der Waals surface area contributed by atoms with Gasteiger partial charge in [0.1, 0.15) is 6.54 Å². The van der Waals surface area contributed by atoms with E-state index in [0.29, 0.717) is 12.5 Å². The first kappa shape index (κ1) is 13.9. The van der Waals surface area contributed by atoms with E-state index in [1.807, 2.05) is 0 Å². The molecule has 1 aromatic carbocycles. The van der Waals surface area contributed by atoms with Crippen LogP contribution >= 0.6 is 0 Å². The Labute approximate surface area is 112 Å². The number of rotatable bonds is 6. The van der Waals surface area contributed by atoms with Crippen molar-refractivity contribution in [3.8, 4) is 0 Å². The Morgan fingerprint density at radius 3 is 2.32 bits per heavy atom. The van der Waals surface area contributed by atoms with Gasteiger partial charge >= 0.3 is 5.97 Å². The van der Waals surface area contributed by atoms with Crippen LogP contribution < -0.4 is 4.90 Å². The summed E-state index contributed by atoms with van der Waals surface area (Å²) in [5, 5.41) is 8.92. The lowest BCUT2D eigenvalue weighted by Gasteiger charge is -2.22. The minimum absolute atomic E-state index is 0.0608. The second-order valence-electron chi connectivity index (χ2n) is 4.98. The van der Waals surface area contributed by atoms with E-state index in [-0.39, 0.29) is 11.4 Å². The number of nitrogens with zero attached hydrogens (tertiary/aromatic N) is 1. The molecule has 0 spiro atoms. The summed E-state index contributed by atoms with van der Waals surface area (Å²) in [7, 11) is -3.21. The zero-order chi connectivity index (χ0) is 14.0. The number of hydrogen-bond donors (Lipinski definition) is 1. The molecule has 0 unspecified atom stereocenters. The number of carboxylic acid groups (broad SMARTS) is 1. The second kappa shape index (κ2) is 5.21. The van der Waals surface area contributed by atoms with Crippen LogP contribution in [0.2, 0.25) is 0 Å². The number of carboxylic acids is 1. The van der Waals surface area contributed by atoms with Gasteiger partial charge in [0.15, 0.2) is 9.84 Å². The molecule has 0 aliphatic heterocycles. The SMILES string of the molecule is CS(=O)(=O)c1ccc(N(CC(=O)O)CC2CC2)cc1. The van der Waals surface area contributed by atoms with Gasteiger partial charge in [-0.25, -0.2) is 8.42 Å². The molecule has 0 radical (unpaired) electrons. The van der Waals surface area contributed by atoms with Crippen LogP contribution in [0.15, 0.2) is 29.2 Å². The monoisotopic (exact) mass is 283 g/mol. The first-order valence-electron chi connectivity index (χ1n) is 6.13. The fourth-order valence-electron chi connectivity index (χ4n) is 1.94. The Balaban J connectivity index is 2.18. The summed E-state index contributed by atoms with van der Waals surface area (Å²) in [4.78, 5) is 12.9. The van der Waals surface area contributed by atoms with Crippen LogP contribution in [-0.2, 0) is 14.6 Å². The van der Waals surface area contributed by atoms with E-state index in [1.165, 1.54) is 12.1 Å². The molecule has 1 aliphatic rings. The van der Waals surface area contributed by atoms with Gasteiger partial charge in [-0.1, -0.05) is 0 Å². The minimum atomic E-state index is -3.21. The quantitative estimate of drug-likeness (QED) is 0.854. The maximum Gasteiger partial charge on any atom is 0.323 e. The van der Waals surface area contributed by atoms with E-state index < -0.39 is 15.8 Å². The van der Waals surface area contributed by atoms with Crippen LogP contribution in [0, 0.1) is 5.92 Å². The third-order valence-corrected chi connectivity index (χ3v) is 4.26. The van der Waals surface area contributed by atoms with Crippen LogP contribution in [0.5, 0.6) is 0 Å². The number of carbonyl (C=O) groups is 1. The van der Waals surface area contributed by atoms with Crippen LogP contribution in [0.3, 0.4) is 0 Å². The number of anilines is 1. The van der Waals surface area contributed by atoms with Crippen molar-refractivity contribution in [3.63, 3.8) is 0 Å². The molecular formula is C13H17NO4S. The Morgan fingerprint density at radius 1 is 1.32 bits per heavy atom. The van der Waals surface area contributed by atoms with Crippen molar-refractivity contribution in [2.75, 3.05) is 24.2 Å². The number of sulfone groups is 1. The molecule has 2 rings (SSSR count). The average Bonchev–Trinajstić information content (AvgIpc) is 3.10. The van der Waals surface area contributed by atoms with Gasteiger partial charge in [-0.15, -0.1) is 0 Å². The molecule has 1 aromatic rings. The number of benzene rings is 1. The summed E-state index contributed by atoms with van der Waals surface area (Å²) in [6.45, 7) is 0.652. The van der Waals surface area contributed by atoms with Gasteiger partial charge < -0.3 is 10.0 Å². The topological polar surface area (TPSA) is 74.7 Å². The van der Waals surface area contributed by atoms with E-state index in [9.17, 15) is 13.2 Å². The molecule has 1 fully saturated rings. The average molecular weight is 283 g/mol. The molecule has 0 heterocycles. The summed E-state index contributed by atoms with van der Waals surface area (Å²) >= 11 is 0. The molecule has 0 amide bonds. The molecular weight excluding hydrogens is 266 g/mol. The second-order valence-corrected chi connectivity index (χ2v) is 7.00. The third kappa shape index (κ3) is 3.96. The van der Waals surface area contributed by atoms with Gasteiger partial charge in [-0.05, 0) is 43.0 Å². The first-order chi connectivity index (χ1) is 8.86. The van der Waals surface area contributed by atoms with Crippen LogP contribution in [0.1, 0.15) is 12.8 Å². The summed E-state index contributed by atoms with van der Waals surface area (Å²) < 4.78 is 22.7. The van der Waals surface area contributed by atoms with Crippen molar-refractivity contribution in [2.24, 2.45) is 5.92 Å². The van der Waals surface area contributed by atoms with E-state index in [1.54, 1.807) is 17.0 Å². The van der Waals surface area contributed by atoms with E-state index in [0.717, 1.165) is 24.8 Å². The van der Waals surface area contributed by atoms with Crippen molar-refractivity contribution >= 4 is 21.5 Å². The normalized spacial score (nSPS) is 15.2. The van der Waals surface area contributed by atoms with E-state index in [2.05, 4.69) is 0 Å². The molecule has 6 heteroatoms. The minimum Gasteiger partial charge on any atom is -0.480 e. The lowest BCUT2D eigenvalue weighted by atomic mass is 10.2. The van der Waals surface area contributed by atoms with Gasteiger partial charge in [0.2, 0.25) is 0 Å². The molecule has 0 saturated heterocycles. The van der Waals surface area contributed by atoms with Crippen LogP contribution in [-0.4, -0.2) is 38.8 Å². The van der Waals surface area contributed by atoms with Crippen molar-refractivity contribution < 1.29 is 18.3 Å². The predicted octanol–water partition coefficient (Wildman–Crippen LogP) is 1.39. The maximum absolute atomic E-state index is 11.4. The largest absolute Gasteiger partial charge is 0.480 e. The molecule has 1 aliphatic carbocycles. The van der Waals surface area contributed by atoms with Crippen molar-refractivity contribution in [3.05, 3.63) is 24.3 Å². The molecule has 19 heavy (non-hydrogen) atoms. The zero-order valence-electron chi connectivity index (χ0n) is 10.7. The van der Waals surface area contributed by atoms with Crippen LogP contribution in [0.4, 0.5) is 5.69 Å². The highest BCUT2D eigenvalue weighted by molar-refractivity contribution is 7.90. The summed E-state index contributed by atoms with van der Waals surface area (Å²) in [6.07, 6.45) is 3.43. The Morgan fingerprint density at radius 2 is 1.89 bits per heavy atom. The molecule has 0 bridgehead atoms. The highest BCUT2D eigenvalue weighted by Gasteiger charge is 2.25. The van der Waals surface area contributed by atoms with Crippen molar-refractivity contribution in [2.45, 2.75) is 17.7 Å². The molecule has 104 valence electrons. The molecule has 0 atom stereocenters. The number of hydrogen-bond acceptors (Lipinski definition) is 4. The third-order valence-electron chi connectivity index (χ3n) is 3.13. The fraction of sp³-hybridized carbons (Fsp3) is 0.462. The summed E-state index contributed by atoms with van der Waals surface area (Å²) in [6, 6.07) is 6.38. The molecule has 1 N–H and O–H groups in total. The molecule has 5 nitrogen and oxygen atoms in total. The molecule has 1 saturated carbocycles. The van der Waals surface area contributed by atoms with Crippen LogP contribution in [0.25, 0.3) is 0 Å². The van der Waals surface area contributed by atoms with E-state index in [4.69, 9.17) is 5.11 Å². The predicted molar refractivity (Wildman–Crippen MR) is 72.1 cm³/mol. The van der Waals surface area contributed by atoms with Gasteiger partial charge in [0.25, 0.3) is 0 Å². The highest BCUT2D eigenvalue weighted by Crippen LogP contribution is 2.31. The Kier molecular flexibility index (Phi) is 3.80. The van der Waals surface area contributed by atoms with Crippen molar-refractivity contribution in [1.82, 2.24) is 0 Å². The fourth-order valence-corrected chi connectivity index (χ4v) is 2.57. The number of aliphatic carboxylic acids is 1. The van der Waals surface area contributed by atoms with Gasteiger partial charge in [-0.3, -0.25) is 4.79 Å². The van der Waals surface area contributed by atoms with Crippen molar-refractivity contribution in [1.29, 1.82) is 0 Å². The lowest BCUT2D eigenvalue weighted by Crippen LogP contribution is -2.31. The Bertz CT molecular complexity index is 561. The van der Waals surface area contributed by atoms with Gasteiger partial charge in [0, 0.05) is 18.5 Å². The first-order valence-corrected chi connectivity index (χ1v) is 8.02. The summed E-state index contributed by atoms with van der Waals surface area (Å²) in [5.41, 5.74) is 0.752. The highest BCUT2D eigenvalue weighted by atomic mass is 32.2. The summed E-state index contributed by atoms with van der Waals surface area (Å²) in [5.74, 6) is -0.318.